The Morgan fingerprint density at radius 1 is 1.05 bits per heavy atom. The fraction of sp³-hybridized carbons (Fsp3) is 0.346. The largest absolute Gasteiger partial charge is 0.497 e. The first-order chi connectivity index (χ1) is 18.1. The summed E-state index contributed by atoms with van der Waals surface area (Å²) in [4.78, 5) is 9.17. The number of nitrogens with zero attached hydrogens (tertiary/aromatic N) is 4. The Morgan fingerprint density at radius 2 is 1.76 bits per heavy atom. The quantitative estimate of drug-likeness (QED) is 0.261. The van der Waals surface area contributed by atoms with Crippen LogP contribution in [-0.4, -0.2) is 46.6 Å². The average molecular weight is 510 g/mol. The molecule has 1 fully saturated rings. The summed E-state index contributed by atoms with van der Waals surface area (Å²) in [6.07, 6.45) is 4.15. The van der Waals surface area contributed by atoms with Gasteiger partial charge in [-0.25, -0.2) is 18.4 Å². The monoisotopic (exact) mass is 509 g/mol. The highest BCUT2D eigenvalue weighted by Gasteiger charge is 2.24. The number of halogens is 2. The molecule has 9 nitrogen and oxygen atoms in total. The molecule has 0 amide bonds. The molecule has 0 bridgehead atoms. The van der Waals surface area contributed by atoms with Gasteiger partial charge in [0.25, 0.3) is 0 Å². The number of fused-ring (bicyclic) bond motifs is 1. The van der Waals surface area contributed by atoms with Crippen LogP contribution in [0, 0.1) is 11.6 Å². The number of ether oxygens (including phenoxy) is 2. The number of nitrogens with one attached hydrogen (secondary N) is 3. The highest BCUT2D eigenvalue weighted by molar-refractivity contribution is 5.90. The Morgan fingerprint density at radius 3 is 2.43 bits per heavy atom. The first kappa shape index (κ1) is 24.7. The molecule has 0 saturated carbocycles. The van der Waals surface area contributed by atoms with Crippen molar-refractivity contribution in [1.29, 1.82) is 0 Å². The molecule has 0 unspecified atom stereocenters. The maximum atomic E-state index is 14.7. The van der Waals surface area contributed by atoms with Crippen LogP contribution in [0.3, 0.4) is 0 Å². The Kier molecular flexibility index (Phi) is 7.31. The molecular weight excluding hydrogens is 480 g/mol. The number of hydrogen-bond acceptors (Lipinski definition) is 8. The van der Waals surface area contributed by atoms with Crippen molar-refractivity contribution in [3.05, 3.63) is 54.2 Å². The van der Waals surface area contributed by atoms with Gasteiger partial charge in [-0.05, 0) is 43.5 Å². The molecule has 3 N–H and O–H groups in total. The summed E-state index contributed by atoms with van der Waals surface area (Å²) in [5.41, 5.74) is 2.11. The van der Waals surface area contributed by atoms with E-state index in [9.17, 15) is 8.78 Å². The lowest BCUT2D eigenvalue weighted by atomic mass is 10.1. The van der Waals surface area contributed by atoms with Crippen LogP contribution in [0.5, 0.6) is 5.75 Å². The third-order valence-electron chi connectivity index (χ3n) is 6.20. The van der Waals surface area contributed by atoms with E-state index >= 15 is 0 Å². The lowest BCUT2D eigenvalue weighted by Gasteiger charge is -2.22. The second-order valence-corrected chi connectivity index (χ2v) is 8.79. The molecule has 37 heavy (non-hydrogen) atoms. The van der Waals surface area contributed by atoms with Gasteiger partial charge < -0.3 is 25.4 Å². The van der Waals surface area contributed by atoms with Crippen molar-refractivity contribution in [3.8, 4) is 5.75 Å². The highest BCUT2D eigenvalue weighted by atomic mass is 19.1. The van der Waals surface area contributed by atoms with Gasteiger partial charge in [0, 0.05) is 49.5 Å². The van der Waals surface area contributed by atoms with Crippen molar-refractivity contribution >= 4 is 39.9 Å². The van der Waals surface area contributed by atoms with Gasteiger partial charge in [-0.3, -0.25) is 0 Å². The molecule has 194 valence electrons. The van der Waals surface area contributed by atoms with Crippen LogP contribution in [0.25, 0.3) is 11.0 Å². The Bertz CT molecular complexity index is 1350. The fourth-order valence-corrected chi connectivity index (χ4v) is 4.24. The van der Waals surface area contributed by atoms with E-state index in [2.05, 4.69) is 33.0 Å². The molecule has 4 aromatic rings. The van der Waals surface area contributed by atoms with Gasteiger partial charge in [-0.1, -0.05) is 6.92 Å². The van der Waals surface area contributed by atoms with Crippen LogP contribution in [0.4, 0.5) is 37.6 Å². The molecular formula is C26H29F2N7O2. The van der Waals surface area contributed by atoms with Gasteiger partial charge in [0.15, 0.2) is 23.1 Å². The van der Waals surface area contributed by atoms with Crippen LogP contribution < -0.4 is 20.7 Å². The zero-order valence-corrected chi connectivity index (χ0v) is 20.7. The van der Waals surface area contributed by atoms with Gasteiger partial charge >= 0.3 is 0 Å². The van der Waals surface area contributed by atoms with Crippen molar-refractivity contribution in [1.82, 2.24) is 19.7 Å². The SMILES string of the molecule is CCCNc1ccc(Nc2ncc3c(Nc4c(F)cc(OC)cc4F)nn(C4CCOCC4)c3n2)cc1. The van der Waals surface area contributed by atoms with Gasteiger partial charge in [-0.2, -0.15) is 10.1 Å². The highest BCUT2D eigenvalue weighted by Crippen LogP contribution is 2.33. The Hall–Kier alpha value is -3.99. The standard InChI is InChI=1S/C26H29F2N7O2/c1-3-10-29-16-4-6-17(7-5-16)31-26-30-15-20-24(32-23-21(27)13-19(36-2)14-22(23)28)34-35(25(20)33-26)18-8-11-37-12-9-18/h4-7,13-15,18,29H,3,8-12H2,1-2H3,(H,32,34)(H,30,31,33). The smallest absolute Gasteiger partial charge is 0.229 e. The normalized spacial score (nSPS) is 14.1. The Labute approximate surface area is 213 Å². The molecule has 0 spiro atoms. The lowest BCUT2D eigenvalue weighted by molar-refractivity contribution is 0.0674. The minimum absolute atomic E-state index is 0.0315. The van der Waals surface area contributed by atoms with Gasteiger partial charge in [-0.15, -0.1) is 0 Å². The zero-order valence-electron chi connectivity index (χ0n) is 20.7. The topological polar surface area (TPSA) is 98.2 Å². The summed E-state index contributed by atoms with van der Waals surface area (Å²) in [6, 6.07) is 10.1. The van der Waals surface area contributed by atoms with E-state index in [1.165, 1.54) is 7.11 Å². The van der Waals surface area contributed by atoms with E-state index in [0.717, 1.165) is 49.3 Å². The molecule has 1 aliphatic rings. The van der Waals surface area contributed by atoms with Crippen LogP contribution in [0.2, 0.25) is 0 Å². The summed E-state index contributed by atoms with van der Waals surface area (Å²) in [5.74, 6) is -0.833. The molecule has 0 aliphatic carbocycles. The molecule has 0 radical (unpaired) electrons. The number of methoxy groups -OCH3 is 1. The molecule has 5 rings (SSSR count). The van der Waals surface area contributed by atoms with Crippen molar-refractivity contribution in [2.24, 2.45) is 0 Å². The van der Waals surface area contributed by atoms with Gasteiger partial charge in [0.05, 0.1) is 18.5 Å². The molecule has 2 aromatic heterocycles. The van der Waals surface area contributed by atoms with Crippen LogP contribution in [0.15, 0.2) is 42.6 Å². The number of aromatic nitrogens is 4. The summed E-state index contributed by atoms with van der Waals surface area (Å²) >= 11 is 0. The maximum Gasteiger partial charge on any atom is 0.229 e. The van der Waals surface area contributed by atoms with Crippen LogP contribution >= 0.6 is 0 Å². The zero-order chi connectivity index (χ0) is 25.8. The lowest BCUT2D eigenvalue weighted by Crippen LogP contribution is -2.21. The molecule has 0 atom stereocenters. The molecule has 3 heterocycles. The van der Waals surface area contributed by atoms with Crippen molar-refractivity contribution in [2.75, 3.05) is 42.8 Å². The van der Waals surface area contributed by atoms with Crippen LogP contribution in [-0.2, 0) is 4.74 Å². The van der Waals surface area contributed by atoms with E-state index in [0.29, 0.717) is 30.2 Å². The van der Waals surface area contributed by atoms with E-state index in [1.807, 2.05) is 24.3 Å². The average Bonchev–Trinajstić information content (AvgIpc) is 3.28. The van der Waals surface area contributed by atoms with E-state index < -0.39 is 11.6 Å². The van der Waals surface area contributed by atoms with E-state index in [-0.39, 0.29) is 23.3 Å². The van der Waals surface area contributed by atoms with Crippen LogP contribution in [0.1, 0.15) is 32.2 Å². The van der Waals surface area contributed by atoms with Gasteiger partial charge in [0.2, 0.25) is 5.95 Å². The van der Waals surface area contributed by atoms with Crippen molar-refractivity contribution in [2.45, 2.75) is 32.2 Å². The second kappa shape index (κ2) is 11.0. The van der Waals surface area contributed by atoms with Gasteiger partial charge in [0.1, 0.15) is 11.4 Å². The molecule has 1 saturated heterocycles. The second-order valence-electron chi connectivity index (χ2n) is 8.79. The fourth-order valence-electron chi connectivity index (χ4n) is 4.24. The van der Waals surface area contributed by atoms with E-state index in [1.54, 1.807) is 10.9 Å². The summed E-state index contributed by atoms with van der Waals surface area (Å²) in [5, 5.41) is 14.6. The first-order valence-electron chi connectivity index (χ1n) is 12.3. The minimum Gasteiger partial charge on any atom is -0.497 e. The number of rotatable bonds is 9. The maximum absolute atomic E-state index is 14.7. The molecule has 2 aromatic carbocycles. The predicted octanol–water partition coefficient (Wildman–Crippen LogP) is 5.77. The number of hydrogen-bond donors (Lipinski definition) is 3. The van der Waals surface area contributed by atoms with Crippen molar-refractivity contribution < 1.29 is 18.3 Å². The molecule has 1 aliphatic heterocycles. The summed E-state index contributed by atoms with van der Waals surface area (Å²) in [7, 11) is 1.35. The summed E-state index contributed by atoms with van der Waals surface area (Å²) in [6.45, 7) is 4.23. The minimum atomic E-state index is -0.790. The van der Waals surface area contributed by atoms with Crippen molar-refractivity contribution in [3.63, 3.8) is 0 Å². The third kappa shape index (κ3) is 5.41. The van der Waals surface area contributed by atoms with E-state index in [4.69, 9.17) is 14.5 Å². The summed E-state index contributed by atoms with van der Waals surface area (Å²) < 4.78 is 41.6. The number of anilines is 5. The Balaban J connectivity index is 1.48. The first-order valence-corrected chi connectivity index (χ1v) is 12.3. The predicted molar refractivity (Wildman–Crippen MR) is 139 cm³/mol. The number of benzene rings is 2. The third-order valence-corrected chi connectivity index (χ3v) is 6.20. The molecule has 11 heteroatoms.